The van der Waals surface area contributed by atoms with Crippen LogP contribution >= 0.6 is 0 Å². The van der Waals surface area contributed by atoms with Gasteiger partial charge in [-0.05, 0) is 45.4 Å². The molecule has 29 heavy (non-hydrogen) atoms. The third-order valence-corrected chi connectivity index (χ3v) is 4.99. The maximum absolute atomic E-state index is 13.2. The van der Waals surface area contributed by atoms with Gasteiger partial charge in [-0.1, -0.05) is 6.92 Å². The normalized spacial score (nSPS) is 12.6. The first-order valence-electron chi connectivity index (χ1n) is 9.76. The quantitative estimate of drug-likeness (QED) is 0.514. The standard InChI is InChI=1S/C21H24N6O2/c1-5-14(4)27-19(8-9-22-27)25-21(28)15-11-17(18-7-6-10-29-18)24-20-16(15)12-23-26(20)13(2)3/h6-14H,5H2,1-4H3,(H,25,28). The van der Waals surface area contributed by atoms with E-state index in [1.54, 1.807) is 36.9 Å². The van der Waals surface area contributed by atoms with Crippen molar-refractivity contribution in [3.63, 3.8) is 0 Å². The molecule has 4 heterocycles. The molecule has 1 amide bonds. The first kappa shape index (κ1) is 18.9. The van der Waals surface area contributed by atoms with Crippen molar-refractivity contribution in [2.24, 2.45) is 0 Å². The maximum atomic E-state index is 13.2. The Morgan fingerprint density at radius 2 is 2.03 bits per heavy atom. The zero-order valence-electron chi connectivity index (χ0n) is 17.0. The summed E-state index contributed by atoms with van der Waals surface area (Å²) in [4.78, 5) is 17.9. The molecular formula is C21H24N6O2. The van der Waals surface area contributed by atoms with E-state index in [1.165, 1.54) is 0 Å². The average Bonchev–Trinajstić information content (AvgIpc) is 3.46. The van der Waals surface area contributed by atoms with Crippen LogP contribution in [0.2, 0.25) is 0 Å². The average molecular weight is 392 g/mol. The molecule has 8 heteroatoms. The van der Waals surface area contributed by atoms with Crippen molar-refractivity contribution in [2.45, 2.75) is 46.2 Å². The number of hydrogen-bond acceptors (Lipinski definition) is 5. The highest BCUT2D eigenvalue weighted by atomic mass is 16.3. The van der Waals surface area contributed by atoms with Crippen LogP contribution in [0.15, 0.2) is 47.3 Å². The molecule has 0 saturated carbocycles. The molecule has 0 saturated heterocycles. The maximum Gasteiger partial charge on any atom is 0.257 e. The molecule has 0 aliphatic rings. The minimum Gasteiger partial charge on any atom is -0.463 e. The van der Waals surface area contributed by atoms with Crippen LogP contribution in [0.4, 0.5) is 5.82 Å². The van der Waals surface area contributed by atoms with Crippen molar-refractivity contribution < 1.29 is 9.21 Å². The van der Waals surface area contributed by atoms with E-state index >= 15 is 0 Å². The molecule has 1 atom stereocenters. The highest BCUT2D eigenvalue weighted by Gasteiger charge is 2.20. The van der Waals surface area contributed by atoms with E-state index in [-0.39, 0.29) is 18.0 Å². The first-order chi connectivity index (χ1) is 14.0. The lowest BCUT2D eigenvalue weighted by molar-refractivity contribution is 0.102. The molecule has 4 aromatic rings. The van der Waals surface area contributed by atoms with E-state index in [2.05, 4.69) is 29.4 Å². The van der Waals surface area contributed by atoms with E-state index in [4.69, 9.17) is 9.40 Å². The van der Waals surface area contributed by atoms with Gasteiger partial charge in [0, 0.05) is 12.1 Å². The predicted octanol–water partition coefficient (Wildman–Crippen LogP) is 4.69. The minimum absolute atomic E-state index is 0.106. The van der Waals surface area contributed by atoms with Gasteiger partial charge in [0.25, 0.3) is 5.91 Å². The Morgan fingerprint density at radius 1 is 1.21 bits per heavy atom. The van der Waals surface area contributed by atoms with Crippen LogP contribution in [0.3, 0.4) is 0 Å². The third-order valence-electron chi connectivity index (χ3n) is 4.99. The van der Waals surface area contributed by atoms with Gasteiger partial charge in [-0.2, -0.15) is 10.2 Å². The number of carbonyl (C=O) groups excluding carboxylic acids is 1. The molecule has 1 unspecified atom stereocenters. The summed E-state index contributed by atoms with van der Waals surface area (Å²) in [6, 6.07) is 7.45. The zero-order valence-corrected chi connectivity index (χ0v) is 17.0. The highest BCUT2D eigenvalue weighted by molar-refractivity contribution is 6.12. The molecule has 0 spiro atoms. The number of rotatable bonds is 6. The number of nitrogens with zero attached hydrogens (tertiary/aromatic N) is 5. The van der Waals surface area contributed by atoms with Gasteiger partial charge in [0.05, 0.1) is 35.6 Å². The summed E-state index contributed by atoms with van der Waals surface area (Å²) >= 11 is 0. The molecule has 8 nitrogen and oxygen atoms in total. The number of furan rings is 1. The summed E-state index contributed by atoms with van der Waals surface area (Å²) in [6.07, 6.45) is 5.88. The van der Waals surface area contributed by atoms with Crippen LogP contribution in [0.25, 0.3) is 22.5 Å². The fourth-order valence-corrected chi connectivity index (χ4v) is 3.26. The fraction of sp³-hybridized carbons (Fsp3) is 0.333. The molecule has 4 aromatic heterocycles. The summed E-state index contributed by atoms with van der Waals surface area (Å²) in [5.74, 6) is 1.02. The Morgan fingerprint density at radius 3 is 2.72 bits per heavy atom. The Hall–Kier alpha value is -3.42. The SMILES string of the molecule is CCC(C)n1nccc1NC(=O)c1cc(-c2ccco2)nc2c1cnn2C(C)C. The first-order valence-corrected chi connectivity index (χ1v) is 9.76. The van der Waals surface area contributed by atoms with Gasteiger partial charge in [-0.3, -0.25) is 4.79 Å². The molecule has 1 N–H and O–H groups in total. The third kappa shape index (κ3) is 3.41. The van der Waals surface area contributed by atoms with Gasteiger partial charge in [0.15, 0.2) is 11.4 Å². The van der Waals surface area contributed by atoms with Crippen LogP contribution in [0.1, 0.15) is 56.6 Å². The second-order valence-electron chi connectivity index (χ2n) is 7.32. The van der Waals surface area contributed by atoms with E-state index < -0.39 is 0 Å². The second-order valence-corrected chi connectivity index (χ2v) is 7.32. The molecule has 0 aliphatic heterocycles. The molecule has 4 rings (SSSR count). The van der Waals surface area contributed by atoms with Gasteiger partial charge in [0.1, 0.15) is 11.5 Å². The van der Waals surface area contributed by atoms with Crippen LogP contribution < -0.4 is 5.32 Å². The molecule has 0 radical (unpaired) electrons. The van der Waals surface area contributed by atoms with E-state index in [1.807, 2.05) is 29.3 Å². The number of hydrogen-bond donors (Lipinski definition) is 1. The largest absolute Gasteiger partial charge is 0.463 e. The molecule has 150 valence electrons. The summed E-state index contributed by atoms with van der Waals surface area (Å²) in [5.41, 5.74) is 1.73. The van der Waals surface area contributed by atoms with E-state index in [0.717, 1.165) is 6.42 Å². The molecule has 0 aromatic carbocycles. The van der Waals surface area contributed by atoms with Gasteiger partial charge in [-0.25, -0.2) is 14.3 Å². The van der Waals surface area contributed by atoms with E-state index in [0.29, 0.717) is 33.9 Å². The van der Waals surface area contributed by atoms with Crippen molar-refractivity contribution in [1.29, 1.82) is 0 Å². The number of anilines is 1. The monoisotopic (exact) mass is 392 g/mol. The van der Waals surface area contributed by atoms with Crippen molar-refractivity contribution in [2.75, 3.05) is 5.32 Å². The van der Waals surface area contributed by atoms with Gasteiger partial charge >= 0.3 is 0 Å². The number of nitrogens with one attached hydrogen (secondary N) is 1. The van der Waals surface area contributed by atoms with Crippen LogP contribution in [-0.4, -0.2) is 30.5 Å². The van der Waals surface area contributed by atoms with Crippen molar-refractivity contribution in [1.82, 2.24) is 24.5 Å². The number of pyridine rings is 1. The Kier molecular flexibility index (Phi) is 4.92. The molecule has 0 aliphatic carbocycles. The second kappa shape index (κ2) is 7.54. The number of fused-ring (bicyclic) bond motifs is 1. The lowest BCUT2D eigenvalue weighted by Crippen LogP contribution is -2.18. The lowest BCUT2D eigenvalue weighted by atomic mass is 10.1. The number of aromatic nitrogens is 5. The number of carbonyl (C=O) groups is 1. The smallest absolute Gasteiger partial charge is 0.257 e. The Bertz CT molecular complexity index is 1140. The van der Waals surface area contributed by atoms with Gasteiger partial charge in [-0.15, -0.1) is 0 Å². The van der Waals surface area contributed by atoms with Crippen LogP contribution in [0.5, 0.6) is 0 Å². The van der Waals surface area contributed by atoms with Crippen LogP contribution in [-0.2, 0) is 0 Å². The van der Waals surface area contributed by atoms with E-state index in [9.17, 15) is 4.79 Å². The molecular weight excluding hydrogens is 368 g/mol. The molecule has 0 fully saturated rings. The predicted molar refractivity (Wildman–Crippen MR) is 111 cm³/mol. The zero-order chi connectivity index (χ0) is 20.5. The van der Waals surface area contributed by atoms with Crippen molar-refractivity contribution >= 4 is 22.8 Å². The minimum atomic E-state index is -0.237. The summed E-state index contributed by atoms with van der Waals surface area (Å²) in [7, 11) is 0. The summed E-state index contributed by atoms with van der Waals surface area (Å²) in [5, 5.41) is 12.5. The van der Waals surface area contributed by atoms with Gasteiger partial charge < -0.3 is 9.73 Å². The lowest BCUT2D eigenvalue weighted by Gasteiger charge is -2.15. The molecule has 0 bridgehead atoms. The Balaban J connectivity index is 1.80. The summed E-state index contributed by atoms with van der Waals surface area (Å²) < 4.78 is 9.14. The fourth-order valence-electron chi connectivity index (χ4n) is 3.26. The van der Waals surface area contributed by atoms with Crippen molar-refractivity contribution in [3.05, 3.63) is 48.5 Å². The summed E-state index contributed by atoms with van der Waals surface area (Å²) in [6.45, 7) is 8.20. The van der Waals surface area contributed by atoms with Crippen molar-refractivity contribution in [3.8, 4) is 11.5 Å². The highest BCUT2D eigenvalue weighted by Crippen LogP contribution is 2.27. The Labute approximate surface area is 168 Å². The topological polar surface area (TPSA) is 90.8 Å². The van der Waals surface area contributed by atoms with Gasteiger partial charge in [0.2, 0.25) is 0 Å². The van der Waals surface area contributed by atoms with Crippen LogP contribution in [0, 0.1) is 0 Å². The number of amides is 1.